The average Bonchev–Trinajstić information content (AvgIpc) is 3.20. The number of nitrogens with zero attached hydrogens (tertiary/aromatic N) is 2. The number of rotatable bonds is 6. The van der Waals surface area contributed by atoms with E-state index >= 15 is 0 Å². The lowest BCUT2D eigenvalue weighted by Gasteiger charge is -2.07. The zero-order chi connectivity index (χ0) is 17.5. The van der Waals surface area contributed by atoms with Gasteiger partial charge in [-0.3, -0.25) is 9.59 Å². The Hall–Kier alpha value is -3.41. The molecule has 1 amide bonds. The van der Waals surface area contributed by atoms with Crippen molar-refractivity contribution in [2.75, 3.05) is 6.54 Å². The second-order valence-corrected chi connectivity index (χ2v) is 5.35. The Bertz CT molecular complexity index is 828. The van der Waals surface area contributed by atoms with E-state index in [0.29, 0.717) is 5.56 Å². The number of hydrogen-bond acceptors (Lipinski definition) is 4. The van der Waals surface area contributed by atoms with Crippen molar-refractivity contribution in [3.8, 4) is 5.69 Å². The molecule has 0 aliphatic heterocycles. The van der Waals surface area contributed by atoms with Crippen LogP contribution < -0.4 is 5.32 Å². The third-order valence-electron chi connectivity index (χ3n) is 3.57. The summed E-state index contributed by atoms with van der Waals surface area (Å²) in [5.74, 6) is -0.805. The minimum atomic E-state index is -0.479. The Labute approximate surface area is 145 Å². The van der Waals surface area contributed by atoms with Gasteiger partial charge in [0.2, 0.25) is 0 Å². The van der Waals surface area contributed by atoms with Gasteiger partial charge in [-0.2, -0.15) is 0 Å². The van der Waals surface area contributed by atoms with Crippen molar-refractivity contribution in [1.82, 2.24) is 14.9 Å². The summed E-state index contributed by atoms with van der Waals surface area (Å²) >= 11 is 0. The molecule has 6 nitrogen and oxygen atoms in total. The quantitative estimate of drug-likeness (QED) is 0.702. The van der Waals surface area contributed by atoms with E-state index in [4.69, 9.17) is 4.74 Å². The third kappa shape index (κ3) is 4.54. The summed E-state index contributed by atoms with van der Waals surface area (Å²) in [4.78, 5) is 27.8. The number of amides is 1. The van der Waals surface area contributed by atoms with Crippen molar-refractivity contribution in [2.24, 2.45) is 0 Å². The van der Waals surface area contributed by atoms with Crippen LogP contribution in [0.5, 0.6) is 0 Å². The summed E-state index contributed by atoms with van der Waals surface area (Å²) in [6.07, 6.45) is 5.18. The van der Waals surface area contributed by atoms with E-state index in [1.807, 2.05) is 53.2 Å². The maximum atomic E-state index is 12.1. The second kappa shape index (κ2) is 7.92. The first-order chi connectivity index (χ1) is 12.2. The number of carbonyl (C=O) groups excluding carboxylic acids is 2. The molecule has 0 fully saturated rings. The number of benzene rings is 2. The molecule has 0 radical (unpaired) electrons. The monoisotopic (exact) mass is 335 g/mol. The number of ether oxygens (including phenoxy) is 1. The lowest BCUT2D eigenvalue weighted by atomic mass is 10.2. The average molecular weight is 335 g/mol. The topological polar surface area (TPSA) is 73.2 Å². The van der Waals surface area contributed by atoms with Crippen molar-refractivity contribution in [2.45, 2.75) is 6.61 Å². The molecule has 3 rings (SSSR count). The number of carbonyl (C=O) groups is 2. The highest BCUT2D eigenvalue weighted by molar-refractivity contribution is 5.96. The van der Waals surface area contributed by atoms with Gasteiger partial charge < -0.3 is 14.6 Å². The highest BCUT2D eigenvalue weighted by Crippen LogP contribution is 2.09. The maximum Gasteiger partial charge on any atom is 0.325 e. The van der Waals surface area contributed by atoms with E-state index in [0.717, 1.165) is 11.3 Å². The van der Waals surface area contributed by atoms with Gasteiger partial charge >= 0.3 is 5.97 Å². The normalized spacial score (nSPS) is 10.2. The molecule has 25 heavy (non-hydrogen) atoms. The van der Waals surface area contributed by atoms with Gasteiger partial charge in [-0.25, -0.2) is 4.98 Å². The number of imidazole rings is 1. The first-order valence-corrected chi connectivity index (χ1v) is 7.78. The lowest BCUT2D eigenvalue weighted by Crippen LogP contribution is -2.30. The molecule has 0 aliphatic carbocycles. The lowest BCUT2D eigenvalue weighted by molar-refractivity contribution is -0.143. The molecule has 0 saturated carbocycles. The van der Waals surface area contributed by atoms with Crippen LogP contribution in [0.1, 0.15) is 15.9 Å². The van der Waals surface area contributed by atoms with Crippen molar-refractivity contribution in [3.63, 3.8) is 0 Å². The zero-order valence-electron chi connectivity index (χ0n) is 13.5. The number of esters is 1. The summed E-state index contributed by atoms with van der Waals surface area (Å²) in [6.45, 7) is 0.0179. The highest BCUT2D eigenvalue weighted by atomic mass is 16.5. The Balaban J connectivity index is 1.48. The molecule has 0 saturated heterocycles. The van der Waals surface area contributed by atoms with Gasteiger partial charge in [0.05, 0.1) is 6.33 Å². The Morgan fingerprint density at radius 1 is 1.04 bits per heavy atom. The summed E-state index contributed by atoms with van der Waals surface area (Å²) in [5.41, 5.74) is 2.27. The zero-order valence-corrected chi connectivity index (χ0v) is 13.5. The van der Waals surface area contributed by atoms with Crippen molar-refractivity contribution in [1.29, 1.82) is 0 Å². The standard InChI is InChI=1S/C19H17N3O3/c23-18(25-13-15-4-2-1-3-5-15)12-21-19(24)16-6-8-17(9-7-16)22-11-10-20-14-22/h1-11,14H,12-13H2,(H,21,24). The van der Waals surface area contributed by atoms with Crippen molar-refractivity contribution < 1.29 is 14.3 Å². The Morgan fingerprint density at radius 2 is 1.80 bits per heavy atom. The SMILES string of the molecule is O=C(CNC(=O)c1ccc(-n2ccnc2)cc1)OCc1ccccc1. The van der Waals surface area contributed by atoms with E-state index in [-0.39, 0.29) is 19.1 Å². The first-order valence-electron chi connectivity index (χ1n) is 7.78. The Morgan fingerprint density at radius 3 is 2.48 bits per heavy atom. The largest absolute Gasteiger partial charge is 0.460 e. The molecule has 126 valence electrons. The second-order valence-electron chi connectivity index (χ2n) is 5.35. The molecule has 2 aromatic carbocycles. The van der Waals surface area contributed by atoms with Gasteiger partial charge in [-0.15, -0.1) is 0 Å². The van der Waals surface area contributed by atoms with Gasteiger partial charge in [0.25, 0.3) is 5.91 Å². The molecular formula is C19H17N3O3. The minimum absolute atomic E-state index is 0.172. The molecule has 0 spiro atoms. The van der Waals surface area contributed by atoms with Crippen molar-refractivity contribution in [3.05, 3.63) is 84.4 Å². The predicted molar refractivity (Wildman–Crippen MR) is 92.1 cm³/mol. The fourth-order valence-corrected chi connectivity index (χ4v) is 2.24. The van der Waals surface area contributed by atoms with E-state index in [2.05, 4.69) is 10.3 Å². The van der Waals surface area contributed by atoms with Crippen LogP contribution in [0.15, 0.2) is 73.3 Å². The number of aromatic nitrogens is 2. The van der Waals surface area contributed by atoms with E-state index in [9.17, 15) is 9.59 Å². The fraction of sp³-hybridized carbons (Fsp3) is 0.105. The molecule has 1 heterocycles. The van der Waals surface area contributed by atoms with Crippen LogP contribution in [0.3, 0.4) is 0 Å². The summed E-state index contributed by atoms with van der Waals surface area (Å²) < 4.78 is 6.95. The fourth-order valence-electron chi connectivity index (χ4n) is 2.24. The van der Waals surface area contributed by atoms with Gasteiger partial charge in [-0.05, 0) is 29.8 Å². The molecule has 0 aliphatic rings. The molecular weight excluding hydrogens is 318 g/mol. The highest BCUT2D eigenvalue weighted by Gasteiger charge is 2.09. The molecule has 3 aromatic rings. The summed E-state index contributed by atoms with van der Waals surface area (Å²) in [7, 11) is 0. The van der Waals surface area contributed by atoms with Crippen LogP contribution in [0.2, 0.25) is 0 Å². The summed E-state index contributed by atoms with van der Waals surface area (Å²) in [5, 5.41) is 2.56. The Kier molecular flexibility index (Phi) is 5.21. The van der Waals surface area contributed by atoms with Crippen molar-refractivity contribution >= 4 is 11.9 Å². The molecule has 0 atom stereocenters. The van der Waals surface area contributed by atoms with Crippen LogP contribution in [-0.2, 0) is 16.1 Å². The van der Waals surface area contributed by atoms with E-state index in [1.54, 1.807) is 24.7 Å². The van der Waals surface area contributed by atoms with Gasteiger partial charge in [0.15, 0.2) is 0 Å². The molecule has 6 heteroatoms. The van der Waals surface area contributed by atoms with E-state index < -0.39 is 5.97 Å². The molecule has 0 bridgehead atoms. The minimum Gasteiger partial charge on any atom is -0.460 e. The molecule has 1 aromatic heterocycles. The number of nitrogens with one attached hydrogen (secondary N) is 1. The van der Waals surface area contributed by atoms with E-state index in [1.165, 1.54) is 0 Å². The van der Waals surface area contributed by atoms with Gasteiger partial charge in [0.1, 0.15) is 13.2 Å². The third-order valence-corrected chi connectivity index (χ3v) is 3.57. The maximum absolute atomic E-state index is 12.1. The molecule has 1 N–H and O–H groups in total. The van der Waals surface area contributed by atoms with Crippen LogP contribution in [0, 0.1) is 0 Å². The smallest absolute Gasteiger partial charge is 0.325 e. The first kappa shape index (κ1) is 16.4. The van der Waals surface area contributed by atoms with Crippen LogP contribution >= 0.6 is 0 Å². The predicted octanol–water partition coefficient (Wildman–Crippen LogP) is 2.35. The number of hydrogen-bond donors (Lipinski definition) is 1. The van der Waals surface area contributed by atoms with Crippen LogP contribution in [0.4, 0.5) is 0 Å². The van der Waals surface area contributed by atoms with Crippen LogP contribution in [0.25, 0.3) is 5.69 Å². The van der Waals surface area contributed by atoms with Crippen LogP contribution in [-0.4, -0.2) is 28.0 Å². The molecule has 0 unspecified atom stereocenters. The van der Waals surface area contributed by atoms with Gasteiger partial charge in [0, 0.05) is 23.6 Å². The van der Waals surface area contributed by atoms with Gasteiger partial charge in [-0.1, -0.05) is 30.3 Å². The summed E-state index contributed by atoms with van der Waals surface area (Å²) in [6, 6.07) is 16.4.